The lowest BCUT2D eigenvalue weighted by Gasteiger charge is -2.11. The number of allylic oxidation sites excluding steroid dienone is 2. The third kappa shape index (κ3) is 3.08. The summed E-state index contributed by atoms with van der Waals surface area (Å²) in [4.78, 5) is 0. The summed E-state index contributed by atoms with van der Waals surface area (Å²) in [6, 6.07) is 10.4. The summed E-state index contributed by atoms with van der Waals surface area (Å²) >= 11 is 0. The summed E-state index contributed by atoms with van der Waals surface area (Å²) in [6.07, 6.45) is 2.65. The molecular weight excluding hydrogens is 304 g/mol. The molecule has 2 N–H and O–H groups in total. The first-order chi connectivity index (χ1) is 11.5. The van der Waals surface area contributed by atoms with Crippen LogP contribution in [-0.2, 0) is 6.42 Å². The molecule has 0 bridgehead atoms. The minimum absolute atomic E-state index is 0.154. The third-order valence-electron chi connectivity index (χ3n) is 3.91. The number of ether oxygens (including phenoxy) is 1. The maximum atomic E-state index is 10.4. The summed E-state index contributed by atoms with van der Waals surface area (Å²) in [6.45, 7) is 4.03. The van der Waals surface area contributed by atoms with Crippen molar-refractivity contribution < 1.29 is 19.4 Å². The number of benzene rings is 2. The molecule has 4 nitrogen and oxygen atoms in total. The molecule has 0 radical (unpaired) electrons. The minimum Gasteiger partial charge on any atom is -0.508 e. The Morgan fingerprint density at radius 1 is 1.12 bits per heavy atom. The Labute approximate surface area is 140 Å². The molecule has 0 amide bonds. The summed E-state index contributed by atoms with van der Waals surface area (Å²) in [5.74, 6) is 1.55. The summed E-state index contributed by atoms with van der Waals surface area (Å²) < 4.78 is 11.2. The second kappa shape index (κ2) is 6.32. The second-order valence-electron chi connectivity index (χ2n) is 5.99. The molecule has 0 atom stereocenters. The number of fused-ring (bicyclic) bond motifs is 1. The highest BCUT2D eigenvalue weighted by atomic mass is 16.5. The van der Waals surface area contributed by atoms with Gasteiger partial charge < -0.3 is 19.4 Å². The van der Waals surface area contributed by atoms with Gasteiger partial charge in [-0.2, -0.15) is 0 Å². The lowest BCUT2D eigenvalue weighted by molar-refractivity contribution is 0.401. The van der Waals surface area contributed by atoms with E-state index in [0.717, 1.165) is 16.5 Å². The van der Waals surface area contributed by atoms with Crippen molar-refractivity contribution in [3.05, 3.63) is 53.6 Å². The van der Waals surface area contributed by atoms with Crippen LogP contribution in [0.2, 0.25) is 0 Å². The van der Waals surface area contributed by atoms with Crippen LogP contribution in [-0.4, -0.2) is 17.3 Å². The van der Waals surface area contributed by atoms with Gasteiger partial charge in [0.15, 0.2) is 0 Å². The number of hydrogen-bond acceptors (Lipinski definition) is 4. The Hall–Kier alpha value is -2.88. The molecule has 1 aromatic heterocycles. The zero-order valence-corrected chi connectivity index (χ0v) is 14.0. The SMILES string of the molecule is COc1cc(-c2cc3ccc(O)cc3o2)cc(O)c1CC=C(C)C. The summed E-state index contributed by atoms with van der Waals surface area (Å²) in [7, 11) is 1.58. The predicted molar refractivity (Wildman–Crippen MR) is 94.7 cm³/mol. The average Bonchev–Trinajstić information content (AvgIpc) is 2.95. The van der Waals surface area contributed by atoms with Gasteiger partial charge in [-0.25, -0.2) is 0 Å². The van der Waals surface area contributed by atoms with Gasteiger partial charge in [0.2, 0.25) is 0 Å². The number of phenols is 2. The molecule has 1 heterocycles. The predicted octanol–water partition coefficient (Wildman–Crippen LogP) is 5.03. The van der Waals surface area contributed by atoms with Gasteiger partial charge in [-0.1, -0.05) is 11.6 Å². The molecule has 0 spiro atoms. The minimum atomic E-state index is 0.154. The Bertz CT molecular complexity index is 915. The van der Waals surface area contributed by atoms with Crippen molar-refractivity contribution in [3.63, 3.8) is 0 Å². The van der Waals surface area contributed by atoms with Gasteiger partial charge in [-0.15, -0.1) is 0 Å². The van der Waals surface area contributed by atoms with E-state index in [1.807, 2.05) is 32.1 Å². The molecule has 24 heavy (non-hydrogen) atoms. The molecule has 4 heteroatoms. The van der Waals surface area contributed by atoms with E-state index >= 15 is 0 Å². The lowest BCUT2D eigenvalue weighted by Crippen LogP contribution is -1.93. The third-order valence-corrected chi connectivity index (χ3v) is 3.91. The zero-order chi connectivity index (χ0) is 17.3. The average molecular weight is 324 g/mol. The molecule has 124 valence electrons. The monoisotopic (exact) mass is 324 g/mol. The molecule has 3 aromatic rings. The largest absolute Gasteiger partial charge is 0.508 e. The van der Waals surface area contributed by atoms with Crippen molar-refractivity contribution >= 4 is 11.0 Å². The Kier molecular flexibility index (Phi) is 4.21. The first kappa shape index (κ1) is 16.0. The van der Waals surface area contributed by atoms with Gasteiger partial charge in [-0.3, -0.25) is 0 Å². The number of hydrogen-bond donors (Lipinski definition) is 2. The molecule has 0 saturated heterocycles. The van der Waals surface area contributed by atoms with E-state index in [1.165, 1.54) is 5.57 Å². The van der Waals surface area contributed by atoms with Gasteiger partial charge in [0.05, 0.1) is 7.11 Å². The fraction of sp³-hybridized carbons (Fsp3) is 0.200. The lowest BCUT2D eigenvalue weighted by atomic mass is 10.0. The maximum absolute atomic E-state index is 10.4. The Morgan fingerprint density at radius 2 is 1.92 bits per heavy atom. The van der Waals surface area contributed by atoms with Crippen LogP contribution in [0, 0.1) is 0 Å². The van der Waals surface area contributed by atoms with E-state index in [-0.39, 0.29) is 11.5 Å². The standard InChI is InChI=1S/C20H20O4/c1-12(2)4-7-16-17(22)8-14(10-20(16)23-3)18-9-13-5-6-15(21)11-19(13)24-18/h4-6,8-11,21-22H,7H2,1-3H3. The van der Waals surface area contributed by atoms with Crippen LogP contribution in [0.15, 0.2) is 52.5 Å². The van der Waals surface area contributed by atoms with E-state index < -0.39 is 0 Å². The first-order valence-electron chi connectivity index (χ1n) is 7.74. The van der Waals surface area contributed by atoms with Crippen LogP contribution in [0.25, 0.3) is 22.3 Å². The number of aromatic hydroxyl groups is 2. The van der Waals surface area contributed by atoms with Crippen molar-refractivity contribution in [3.8, 4) is 28.6 Å². The van der Waals surface area contributed by atoms with Crippen molar-refractivity contribution in [2.75, 3.05) is 7.11 Å². The molecule has 3 rings (SSSR count). The van der Waals surface area contributed by atoms with Crippen LogP contribution in [0.4, 0.5) is 0 Å². The smallest absolute Gasteiger partial charge is 0.138 e. The topological polar surface area (TPSA) is 62.8 Å². The molecular formula is C20H20O4. The summed E-state index contributed by atoms with van der Waals surface area (Å²) in [5, 5.41) is 20.8. The fourth-order valence-corrected chi connectivity index (χ4v) is 2.63. The van der Waals surface area contributed by atoms with E-state index in [0.29, 0.717) is 23.5 Å². The maximum Gasteiger partial charge on any atom is 0.138 e. The molecule has 0 unspecified atom stereocenters. The van der Waals surface area contributed by atoms with Crippen LogP contribution in [0.5, 0.6) is 17.2 Å². The Morgan fingerprint density at radius 3 is 2.62 bits per heavy atom. The Balaban J connectivity index is 2.07. The molecule has 0 aliphatic rings. The van der Waals surface area contributed by atoms with Crippen molar-refractivity contribution in [2.24, 2.45) is 0 Å². The van der Waals surface area contributed by atoms with Crippen LogP contribution in [0.3, 0.4) is 0 Å². The molecule has 0 saturated carbocycles. The normalized spacial score (nSPS) is 10.8. The van der Waals surface area contributed by atoms with Gasteiger partial charge in [-0.05, 0) is 50.6 Å². The summed E-state index contributed by atoms with van der Waals surface area (Å²) in [5.41, 5.74) is 3.24. The van der Waals surface area contributed by atoms with Crippen molar-refractivity contribution in [1.29, 1.82) is 0 Å². The van der Waals surface area contributed by atoms with Gasteiger partial charge >= 0.3 is 0 Å². The second-order valence-corrected chi connectivity index (χ2v) is 5.99. The van der Waals surface area contributed by atoms with E-state index in [9.17, 15) is 10.2 Å². The van der Waals surface area contributed by atoms with Crippen LogP contribution < -0.4 is 4.74 Å². The molecule has 0 aliphatic heterocycles. The zero-order valence-electron chi connectivity index (χ0n) is 14.0. The van der Waals surface area contributed by atoms with Gasteiger partial charge in [0, 0.05) is 22.6 Å². The molecule has 2 aromatic carbocycles. The van der Waals surface area contributed by atoms with Crippen LogP contribution >= 0.6 is 0 Å². The quantitative estimate of drug-likeness (QED) is 0.661. The highest BCUT2D eigenvalue weighted by molar-refractivity contribution is 5.84. The first-order valence-corrected chi connectivity index (χ1v) is 7.74. The molecule has 0 aliphatic carbocycles. The van der Waals surface area contributed by atoms with Gasteiger partial charge in [0.25, 0.3) is 0 Å². The number of furan rings is 1. The highest BCUT2D eigenvalue weighted by Gasteiger charge is 2.14. The highest BCUT2D eigenvalue weighted by Crippen LogP contribution is 2.37. The van der Waals surface area contributed by atoms with Gasteiger partial charge in [0.1, 0.15) is 28.6 Å². The molecule has 0 fully saturated rings. The fourth-order valence-electron chi connectivity index (χ4n) is 2.63. The van der Waals surface area contributed by atoms with Crippen molar-refractivity contribution in [2.45, 2.75) is 20.3 Å². The number of phenolic OH excluding ortho intramolecular Hbond substituents is 2. The van der Waals surface area contributed by atoms with E-state index in [2.05, 4.69) is 0 Å². The van der Waals surface area contributed by atoms with Crippen molar-refractivity contribution in [1.82, 2.24) is 0 Å². The number of methoxy groups -OCH3 is 1. The van der Waals surface area contributed by atoms with E-state index in [4.69, 9.17) is 9.15 Å². The van der Waals surface area contributed by atoms with E-state index in [1.54, 1.807) is 31.4 Å². The van der Waals surface area contributed by atoms with Crippen LogP contribution in [0.1, 0.15) is 19.4 Å². The number of rotatable bonds is 4.